The Hall–Kier alpha value is 0.130. The molecule has 1 N–H and O–H groups in total. The Morgan fingerprint density at radius 1 is 1.29 bits per heavy atom. The van der Waals surface area contributed by atoms with E-state index in [0.29, 0.717) is 5.56 Å². The number of carbonyl (C=O) groups excluding carboxylic acids is 1. The van der Waals surface area contributed by atoms with E-state index in [2.05, 4.69) is 60.0 Å². The Morgan fingerprint density at radius 2 is 1.88 bits per heavy atom. The zero-order valence-corrected chi connectivity index (χ0v) is 14.2. The molecule has 1 aromatic rings. The number of hydrogen-bond acceptors (Lipinski definition) is 1. The zero-order chi connectivity index (χ0) is 12.9. The van der Waals surface area contributed by atoms with Crippen molar-refractivity contribution >= 4 is 53.7 Å². The van der Waals surface area contributed by atoms with Gasteiger partial charge < -0.3 is 5.32 Å². The van der Waals surface area contributed by atoms with Gasteiger partial charge in [0.15, 0.2) is 0 Å². The molecule has 0 aliphatic heterocycles. The average Bonchev–Trinajstić information content (AvgIpc) is 2.36. The SMILES string of the molecule is CCC(CBr)(CBr)NC(=O)c1ccccc1Br. The summed E-state index contributed by atoms with van der Waals surface area (Å²) < 4.78 is 0.812. The number of amides is 1. The number of alkyl halides is 2. The first-order valence-electron chi connectivity index (χ1n) is 5.27. The molecule has 1 amide bonds. The average molecular weight is 428 g/mol. The highest BCUT2D eigenvalue weighted by Crippen LogP contribution is 2.20. The highest BCUT2D eigenvalue weighted by atomic mass is 79.9. The summed E-state index contributed by atoms with van der Waals surface area (Å²) in [5.41, 5.74) is 0.416. The van der Waals surface area contributed by atoms with Crippen LogP contribution in [0.1, 0.15) is 23.7 Å². The van der Waals surface area contributed by atoms with Gasteiger partial charge in [-0.15, -0.1) is 0 Å². The summed E-state index contributed by atoms with van der Waals surface area (Å²) in [6.07, 6.45) is 0.861. The fourth-order valence-electron chi connectivity index (χ4n) is 1.33. The Labute approximate surface area is 127 Å². The van der Waals surface area contributed by atoms with E-state index in [1.165, 1.54) is 0 Å². The van der Waals surface area contributed by atoms with Crippen molar-refractivity contribution in [2.75, 3.05) is 10.7 Å². The molecule has 5 heteroatoms. The van der Waals surface area contributed by atoms with Gasteiger partial charge in [-0.25, -0.2) is 0 Å². The molecule has 0 aromatic heterocycles. The maximum atomic E-state index is 12.2. The van der Waals surface area contributed by atoms with Crippen molar-refractivity contribution in [3.8, 4) is 0 Å². The van der Waals surface area contributed by atoms with Crippen LogP contribution in [0, 0.1) is 0 Å². The van der Waals surface area contributed by atoms with Crippen LogP contribution >= 0.6 is 47.8 Å². The summed E-state index contributed by atoms with van der Waals surface area (Å²) in [4.78, 5) is 12.2. The second kappa shape index (κ2) is 6.90. The van der Waals surface area contributed by atoms with Crippen molar-refractivity contribution in [2.45, 2.75) is 18.9 Å². The van der Waals surface area contributed by atoms with Crippen molar-refractivity contribution in [3.05, 3.63) is 34.3 Å². The van der Waals surface area contributed by atoms with E-state index in [-0.39, 0.29) is 11.4 Å². The van der Waals surface area contributed by atoms with Gasteiger partial charge in [-0.3, -0.25) is 4.79 Å². The summed E-state index contributed by atoms with van der Waals surface area (Å²) in [5, 5.41) is 4.51. The van der Waals surface area contributed by atoms with Crippen molar-refractivity contribution in [1.29, 1.82) is 0 Å². The molecule has 1 rings (SSSR count). The molecule has 0 radical (unpaired) electrons. The molecule has 0 aliphatic rings. The first kappa shape index (κ1) is 15.2. The van der Waals surface area contributed by atoms with Crippen LogP contribution in [-0.2, 0) is 0 Å². The van der Waals surface area contributed by atoms with E-state index in [1.807, 2.05) is 24.3 Å². The molecular formula is C12H14Br3NO. The number of carbonyl (C=O) groups is 1. The van der Waals surface area contributed by atoms with Crippen LogP contribution in [0.2, 0.25) is 0 Å². The third-order valence-corrected chi connectivity index (χ3v) is 5.52. The van der Waals surface area contributed by atoms with E-state index in [0.717, 1.165) is 21.6 Å². The minimum Gasteiger partial charge on any atom is -0.345 e. The highest BCUT2D eigenvalue weighted by molar-refractivity contribution is 9.10. The lowest BCUT2D eigenvalue weighted by Crippen LogP contribution is -2.51. The van der Waals surface area contributed by atoms with E-state index in [9.17, 15) is 4.79 Å². The molecule has 94 valence electrons. The summed E-state index contributed by atoms with van der Waals surface area (Å²) >= 11 is 10.3. The molecule has 0 heterocycles. The lowest BCUT2D eigenvalue weighted by atomic mass is 10.0. The van der Waals surface area contributed by atoms with Crippen LogP contribution in [0.3, 0.4) is 0 Å². The van der Waals surface area contributed by atoms with Crippen LogP contribution in [-0.4, -0.2) is 22.1 Å². The summed E-state index contributed by atoms with van der Waals surface area (Å²) in [6, 6.07) is 7.42. The second-order valence-electron chi connectivity index (χ2n) is 3.84. The fourth-order valence-corrected chi connectivity index (χ4v) is 3.80. The Balaban J connectivity index is 2.89. The van der Waals surface area contributed by atoms with Crippen LogP contribution in [0.5, 0.6) is 0 Å². The summed E-state index contributed by atoms with van der Waals surface area (Å²) in [5.74, 6) is -0.0572. The van der Waals surface area contributed by atoms with E-state index in [4.69, 9.17) is 0 Å². The first-order valence-corrected chi connectivity index (χ1v) is 8.31. The van der Waals surface area contributed by atoms with Crippen molar-refractivity contribution in [1.82, 2.24) is 5.32 Å². The van der Waals surface area contributed by atoms with Gasteiger partial charge in [-0.1, -0.05) is 50.9 Å². The molecule has 17 heavy (non-hydrogen) atoms. The Bertz CT molecular complexity index is 383. The fraction of sp³-hybridized carbons (Fsp3) is 0.417. The molecular weight excluding hydrogens is 414 g/mol. The quantitative estimate of drug-likeness (QED) is 0.704. The molecule has 0 aliphatic carbocycles. The first-order chi connectivity index (χ1) is 8.08. The monoisotopic (exact) mass is 425 g/mol. The van der Waals surface area contributed by atoms with Gasteiger partial charge in [0.25, 0.3) is 5.91 Å². The molecule has 0 bridgehead atoms. The van der Waals surface area contributed by atoms with Crippen LogP contribution in [0.4, 0.5) is 0 Å². The lowest BCUT2D eigenvalue weighted by molar-refractivity contribution is 0.0914. The topological polar surface area (TPSA) is 29.1 Å². The van der Waals surface area contributed by atoms with E-state index < -0.39 is 0 Å². The van der Waals surface area contributed by atoms with Gasteiger partial charge in [0, 0.05) is 15.1 Å². The highest BCUT2D eigenvalue weighted by Gasteiger charge is 2.28. The Kier molecular flexibility index (Phi) is 6.17. The van der Waals surface area contributed by atoms with Crippen LogP contribution < -0.4 is 5.32 Å². The normalized spacial score (nSPS) is 11.3. The third kappa shape index (κ3) is 3.80. The Morgan fingerprint density at radius 3 is 2.35 bits per heavy atom. The molecule has 0 unspecified atom stereocenters. The molecule has 0 fully saturated rings. The van der Waals surface area contributed by atoms with E-state index >= 15 is 0 Å². The van der Waals surface area contributed by atoms with Crippen molar-refractivity contribution in [2.24, 2.45) is 0 Å². The zero-order valence-electron chi connectivity index (χ0n) is 9.47. The molecule has 0 atom stereocenters. The predicted octanol–water partition coefficient (Wildman–Crippen LogP) is 4.12. The molecule has 1 aromatic carbocycles. The van der Waals surface area contributed by atoms with Gasteiger partial charge in [-0.2, -0.15) is 0 Å². The largest absolute Gasteiger partial charge is 0.345 e. The van der Waals surface area contributed by atoms with Crippen molar-refractivity contribution < 1.29 is 4.79 Å². The molecule has 0 spiro atoms. The standard InChI is InChI=1S/C12H14Br3NO/c1-2-12(7-13,8-14)16-11(17)9-5-3-4-6-10(9)15/h3-6H,2,7-8H2,1H3,(H,16,17). The number of nitrogens with one attached hydrogen (secondary N) is 1. The number of benzene rings is 1. The number of rotatable bonds is 5. The number of halogens is 3. The van der Waals surface area contributed by atoms with Crippen molar-refractivity contribution in [3.63, 3.8) is 0 Å². The smallest absolute Gasteiger partial charge is 0.252 e. The van der Waals surface area contributed by atoms with Gasteiger partial charge in [0.05, 0.1) is 11.1 Å². The van der Waals surface area contributed by atoms with Crippen LogP contribution in [0.25, 0.3) is 0 Å². The maximum absolute atomic E-state index is 12.2. The summed E-state index contributed by atoms with van der Waals surface area (Å²) in [7, 11) is 0. The maximum Gasteiger partial charge on any atom is 0.252 e. The van der Waals surface area contributed by atoms with Gasteiger partial charge in [0.1, 0.15) is 0 Å². The molecule has 0 saturated carbocycles. The van der Waals surface area contributed by atoms with Gasteiger partial charge in [0.2, 0.25) is 0 Å². The number of hydrogen-bond donors (Lipinski definition) is 1. The lowest BCUT2D eigenvalue weighted by Gasteiger charge is -2.30. The second-order valence-corrected chi connectivity index (χ2v) is 5.81. The van der Waals surface area contributed by atoms with Gasteiger partial charge >= 0.3 is 0 Å². The minimum atomic E-state index is -0.244. The van der Waals surface area contributed by atoms with Gasteiger partial charge in [-0.05, 0) is 34.5 Å². The van der Waals surface area contributed by atoms with E-state index in [1.54, 1.807) is 0 Å². The molecule has 2 nitrogen and oxygen atoms in total. The predicted molar refractivity (Wildman–Crippen MR) is 82.2 cm³/mol. The summed E-state index contributed by atoms with van der Waals surface area (Å²) in [6.45, 7) is 2.06. The van der Waals surface area contributed by atoms with Crippen LogP contribution in [0.15, 0.2) is 28.7 Å². The molecule has 0 saturated heterocycles. The third-order valence-electron chi connectivity index (χ3n) is 2.69. The minimum absolute atomic E-state index is 0.0572.